The molecule has 1 N–H and O–H groups in total. The summed E-state index contributed by atoms with van der Waals surface area (Å²) < 4.78 is 0. The predicted molar refractivity (Wildman–Crippen MR) is 81.4 cm³/mol. The summed E-state index contributed by atoms with van der Waals surface area (Å²) in [6.07, 6.45) is 4.78. The molecule has 0 bridgehead atoms. The van der Waals surface area contributed by atoms with Gasteiger partial charge in [-0.3, -0.25) is 4.98 Å². The number of nitrogens with zero attached hydrogens (tertiary/aromatic N) is 3. The average molecular weight is 264 g/mol. The second kappa shape index (κ2) is 5.87. The highest BCUT2D eigenvalue weighted by atomic mass is 15.2. The Balaban J connectivity index is 2.71. The predicted octanol–water partition coefficient (Wildman–Crippen LogP) is 2.99. The first-order valence-electron chi connectivity index (χ1n) is 6.95. The van der Waals surface area contributed by atoms with Crippen molar-refractivity contribution >= 4 is 5.82 Å². The molecule has 0 aliphatic rings. The molecule has 1 aromatic rings. The molecule has 0 atom stereocenters. The van der Waals surface area contributed by atoms with Crippen LogP contribution in [0, 0.1) is 0 Å². The van der Waals surface area contributed by atoms with E-state index in [2.05, 4.69) is 68.8 Å². The maximum Gasteiger partial charge on any atom is 0.147 e. The van der Waals surface area contributed by atoms with Crippen molar-refractivity contribution in [3.05, 3.63) is 18.1 Å². The molecule has 0 radical (unpaired) electrons. The van der Waals surface area contributed by atoms with Gasteiger partial charge in [0, 0.05) is 24.7 Å². The van der Waals surface area contributed by atoms with Gasteiger partial charge in [-0.2, -0.15) is 0 Å². The third kappa shape index (κ3) is 4.78. The molecule has 1 aromatic heterocycles. The van der Waals surface area contributed by atoms with Crippen LogP contribution in [0.25, 0.3) is 0 Å². The molecule has 0 unspecified atom stereocenters. The van der Waals surface area contributed by atoms with Gasteiger partial charge in [0.05, 0.1) is 18.1 Å². The zero-order chi connectivity index (χ0) is 14.7. The Morgan fingerprint density at radius 2 is 1.74 bits per heavy atom. The molecule has 0 aliphatic carbocycles. The van der Waals surface area contributed by atoms with Crippen LogP contribution in [-0.2, 0) is 6.54 Å². The summed E-state index contributed by atoms with van der Waals surface area (Å²) in [6, 6.07) is 0. The van der Waals surface area contributed by atoms with Crippen LogP contribution in [0.2, 0.25) is 0 Å². The van der Waals surface area contributed by atoms with E-state index >= 15 is 0 Å². The van der Waals surface area contributed by atoms with Crippen LogP contribution in [-0.4, -0.2) is 28.1 Å². The van der Waals surface area contributed by atoms with Crippen molar-refractivity contribution < 1.29 is 0 Å². The Morgan fingerprint density at radius 1 is 1.11 bits per heavy atom. The molecule has 0 amide bonds. The minimum absolute atomic E-state index is 0.0971. The van der Waals surface area contributed by atoms with Gasteiger partial charge in [0.2, 0.25) is 0 Å². The Bertz CT molecular complexity index is 390. The summed E-state index contributed by atoms with van der Waals surface area (Å²) >= 11 is 0. The number of aromatic nitrogens is 2. The molecule has 0 saturated carbocycles. The zero-order valence-corrected chi connectivity index (χ0v) is 13.4. The minimum Gasteiger partial charge on any atom is -0.353 e. The molecule has 0 saturated heterocycles. The summed E-state index contributed by atoms with van der Waals surface area (Å²) in [5.74, 6) is 0.923. The number of anilines is 1. The number of hydrogen-bond acceptors (Lipinski definition) is 4. The fraction of sp³-hybridized carbons (Fsp3) is 0.733. The summed E-state index contributed by atoms with van der Waals surface area (Å²) in [5.41, 5.74) is 1.17. The van der Waals surface area contributed by atoms with E-state index in [-0.39, 0.29) is 11.1 Å². The highest BCUT2D eigenvalue weighted by Crippen LogP contribution is 2.22. The maximum absolute atomic E-state index is 4.52. The second-order valence-electron chi connectivity index (χ2n) is 6.69. The summed E-state index contributed by atoms with van der Waals surface area (Å²) in [4.78, 5) is 11.2. The van der Waals surface area contributed by atoms with Crippen molar-refractivity contribution in [3.63, 3.8) is 0 Å². The molecule has 0 spiro atoms. The summed E-state index contributed by atoms with van der Waals surface area (Å²) in [6.45, 7) is 13.8. The molecule has 108 valence electrons. The van der Waals surface area contributed by atoms with Crippen molar-refractivity contribution in [2.75, 3.05) is 11.9 Å². The monoisotopic (exact) mass is 264 g/mol. The third-order valence-electron chi connectivity index (χ3n) is 3.61. The average Bonchev–Trinajstić information content (AvgIpc) is 2.35. The Hall–Kier alpha value is -1.16. The van der Waals surface area contributed by atoms with Crippen LogP contribution in [0.1, 0.15) is 53.7 Å². The van der Waals surface area contributed by atoms with E-state index < -0.39 is 0 Å². The largest absolute Gasteiger partial charge is 0.353 e. The van der Waals surface area contributed by atoms with Crippen LogP contribution < -0.4 is 10.2 Å². The number of rotatable bonds is 5. The first kappa shape index (κ1) is 15.9. The van der Waals surface area contributed by atoms with Gasteiger partial charge in [-0.05, 0) is 41.0 Å². The van der Waals surface area contributed by atoms with E-state index in [4.69, 9.17) is 0 Å². The molecule has 19 heavy (non-hydrogen) atoms. The van der Waals surface area contributed by atoms with E-state index in [1.165, 1.54) is 0 Å². The van der Waals surface area contributed by atoms with Gasteiger partial charge in [0.25, 0.3) is 0 Å². The van der Waals surface area contributed by atoms with Crippen LogP contribution in [0.15, 0.2) is 12.4 Å². The number of nitrogens with one attached hydrogen (secondary N) is 1. The number of hydrogen-bond donors (Lipinski definition) is 1. The normalized spacial score (nSPS) is 12.6. The van der Waals surface area contributed by atoms with Crippen molar-refractivity contribution in [2.45, 2.75) is 65.6 Å². The standard InChI is InChI=1S/C15H28N4/c1-8-15(5,6)19(7)13-11-16-12(9-17-13)10-18-14(2,3)4/h9,11,18H,8,10H2,1-7H3. The topological polar surface area (TPSA) is 41.1 Å². The first-order chi connectivity index (χ1) is 8.65. The lowest BCUT2D eigenvalue weighted by molar-refractivity contribution is 0.420. The Labute approximate surface area is 117 Å². The van der Waals surface area contributed by atoms with Crippen LogP contribution in [0.5, 0.6) is 0 Å². The molecular weight excluding hydrogens is 236 g/mol. The highest BCUT2D eigenvalue weighted by molar-refractivity contribution is 5.38. The lowest BCUT2D eigenvalue weighted by Gasteiger charge is -2.35. The van der Waals surface area contributed by atoms with Crippen LogP contribution >= 0.6 is 0 Å². The van der Waals surface area contributed by atoms with E-state index in [0.29, 0.717) is 0 Å². The maximum atomic E-state index is 4.52. The van der Waals surface area contributed by atoms with Gasteiger partial charge in [0.15, 0.2) is 0 Å². The lowest BCUT2D eigenvalue weighted by atomic mass is 10.0. The van der Waals surface area contributed by atoms with Crippen molar-refractivity contribution in [1.82, 2.24) is 15.3 Å². The van der Waals surface area contributed by atoms with E-state index in [0.717, 1.165) is 24.5 Å². The van der Waals surface area contributed by atoms with Gasteiger partial charge in [0.1, 0.15) is 5.82 Å². The van der Waals surface area contributed by atoms with Crippen LogP contribution in [0.4, 0.5) is 5.82 Å². The molecule has 0 aliphatic heterocycles. The molecule has 1 rings (SSSR count). The third-order valence-corrected chi connectivity index (χ3v) is 3.61. The van der Waals surface area contributed by atoms with Gasteiger partial charge in [-0.15, -0.1) is 0 Å². The quantitative estimate of drug-likeness (QED) is 0.887. The SMILES string of the molecule is CCC(C)(C)N(C)c1cnc(CNC(C)(C)C)cn1. The fourth-order valence-electron chi connectivity index (χ4n) is 1.52. The first-order valence-corrected chi connectivity index (χ1v) is 6.95. The van der Waals surface area contributed by atoms with Gasteiger partial charge < -0.3 is 10.2 Å². The molecule has 1 heterocycles. The van der Waals surface area contributed by atoms with Crippen LogP contribution in [0.3, 0.4) is 0 Å². The molecule has 4 heteroatoms. The molecule has 0 aromatic carbocycles. The van der Waals surface area contributed by atoms with Crippen molar-refractivity contribution in [3.8, 4) is 0 Å². The smallest absolute Gasteiger partial charge is 0.147 e. The van der Waals surface area contributed by atoms with Gasteiger partial charge in [-0.1, -0.05) is 6.92 Å². The second-order valence-corrected chi connectivity index (χ2v) is 6.69. The van der Waals surface area contributed by atoms with E-state index in [1.54, 1.807) is 0 Å². The molecule has 0 fully saturated rings. The fourth-order valence-corrected chi connectivity index (χ4v) is 1.52. The van der Waals surface area contributed by atoms with Gasteiger partial charge >= 0.3 is 0 Å². The zero-order valence-electron chi connectivity index (χ0n) is 13.4. The van der Waals surface area contributed by atoms with Gasteiger partial charge in [-0.25, -0.2) is 4.98 Å². The van der Waals surface area contributed by atoms with Crippen molar-refractivity contribution in [2.24, 2.45) is 0 Å². The Morgan fingerprint density at radius 3 is 2.16 bits per heavy atom. The molecular formula is C15H28N4. The summed E-state index contributed by atoms with van der Waals surface area (Å²) in [5, 5.41) is 3.41. The van der Waals surface area contributed by atoms with Crippen molar-refractivity contribution in [1.29, 1.82) is 0 Å². The summed E-state index contributed by atoms with van der Waals surface area (Å²) in [7, 11) is 2.07. The van der Waals surface area contributed by atoms with E-state index in [9.17, 15) is 0 Å². The lowest BCUT2D eigenvalue weighted by Crippen LogP contribution is -2.41. The minimum atomic E-state index is 0.0971. The Kier molecular flexibility index (Phi) is 4.91. The molecule has 4 nitrogen and oxygen atoms in total. The highest BCUT2D eigenvalue weighted by Gasteiger charge is 2.22. The van der Waals surface area contributed by atoms with E-state index in [1.807, 2.05) is 12.4 Å².